The molecule has 0 amide bonds. The van der Waals surface area contributed by atoms with Gasteiger partial charge in [0, 0.05) is 6.07 Å². The lowest BCUT2D eigenvalue weighted by molar-refractivity contribution is 0.240. The van der Waals surface area contributed by atoms with Crippen molar-refractivity contribution in [2.24, 2.45) is 4.99 Å². The van der Waals surface area contributed by atoms with E-state index in [1.54, 1.807) is 5.48 Å². The van der Waals surface area contributed by atoms with Crippen LogP contribution in [0.4, 0.5) is 11.5 Å². The fraction of sp³-hybridized carbons (Fsp3) is 0.154. The SMILES string of the molecule is COc1cc(NS(=O)(=O)c2ccc(N=CNO)cc2)nc(OC)n1. The number of rotatable bonds is 7. The van der Waals surface area contributed by atoms with Crippen LogP contribution in [0, 0.1) is 0 Å². The Labute approximate surface area is 138 Å². The Hall–Kier alpha value is -2.92. The molecular weight excluding hydrogens is 338 g/mol. The highest BCUT2D eigenvalue weighted by Gasteiger charge is 2.16. The number of nitrogens with zero attached hydrogens (tertiary/aromatic N) is 3. The molecule has 2 aromatic rings. The Bertz CT molecular complexity index is 801. The molecule has 3 N–H and O–H groups in total. The number of nitrogens with one attached hydrogen (secondary N) is 2. The van der Waals surface area contributed by atoms with Crippen molar-refractivity contribution in [3.8, 4) is 11.9 Å². The zero-order chi connectivity index (χ0) is 17.6. The van der Waals surface area contributed by atoms with Crippen LogP contribution in [-0.4, -0.2) is 44.2 Å². The number of hydrogen-bond acceptors (Lipinski definition) is 8. The monoisotopic (exact) mass is 353 g/mol. The van der Waals surface area contributed by atoms with E-state index in [4.69, 9.17) is 14.7 Å². The second kappa shape index (κ2) is 7.57. The van der Waals surface area contributed by atoms with Gasteiger partial charge in [-0.3, -0.25) is 15.4 Å². The molecule has 0 aliphatic rings. The molecule has 0 radical (unpaired) electrons. The number of sulfonamides is 1. The summed E-state index contributed by atoms with van der Waals surface area (Å²) in [6.45, 7) is 0. The summed E-state index contributed by atoms with van der Waals surface area (Å²) < 4.78 is 36.9. The van der Waals surface area contributed by atoms with E-state index in [0.29, 0.717) is 5.69 Å². The van der Waals surface area contributed by atoms with Crippen LogP contribution < -0.4 is 19.7 Å². The van der Waals surface area contributed by atoms with E-state index < -0.39 is 10.0 Å². The van der Waals surface area contributed by atoms with E-state index in [-0.39, 0.29) is 22.6 Å². The molecule has 0 fully saturated rings. The predicted molar refractivity (Wildman–Crippen MR) is 85.5 cm³/mol. The van der Waals surface area contributed by atoms with Gasteiger partial charge in [-0.2, -0.15) is 9.97 Å². The molecule has 1 heterocycles. The van der Waals surface area contributed by atoms with E-state index in [1.807, 2.05) is 0 Å². The summed E-state index contributed by atoms with van der Waals surface area (Å²) >= 11 is 0. The molecule has 2 rings (SSSR count). The highest BCUT2D eigenvalue weighted by atomic mass is 32.2. The summed E-state index contributed by atoms with van der Waals surface area (Å²) in [6, 6.07) is 6.97. The zero-order valence-electron chi connectivity index (χ0n) is 12.8. The summed E-state index contributed by atoms with van der Waals surface area (Å²) in [6.07, 6.45) is 1.06. The van der Waals surface area contributed by atoms with Crippen LogP contribution in [0.5, 0.6) is 11.9 Å². The van der Waals surface area contributed by atoms with Gasteiger partial charge in [0.15, 0.2) is 5.82 Å². The minimum atomic E-state index is -3.87. The van der Waals surface area contributed by atoms with Gasteiger partial charge in [-0.25, -0.2) is 13.4 Å². The molecule has 0 aliphatic carbocycles. The smallest absolute Gasteiger partial charge is 0.321 e. The van der Waals surface area contributed by atoms with Crippen molar-refractivity contribution in [1.82, 2.24) is 15.4 Å². The fourth-order valence-electron chi connectivity index (χ4n) is 1.66. The highest BCUT2D eigenvalue weighted by molar-refractivity contribution is 7.92. The third-order valence-electron chi connectivity index (χ3n) is 2.73. The van der Waals surface area contributed by atoms with E-state index in [9.17, 15) is 8.42 Å². The summed E-state index contributed by atoms with van der Waals surface area (Å²) in [5.41, 5.74) is 2.21. The average molecular weight is 353 g/mol. The minimum Gasteiger partial charge on any atom is -0.481 e. The molecule has 0 atom stereocenters. The number of hydroxylamine groups is 1. The van der Waals surface area contributed by atoms with Crippen LogP contribution in [0.15, 0.2) is 40.2 Å². The van der Waals surface area contributed by atoms with Crippen molar-refractivity contribution < 1.29 is 23.1 Å². The van der Waals surface area contributed by atoms with Crippen molar-refractivity contribution in [2.75, 3.05) is 18.9 Å². The van der Waals surface area contributed by atoms with Crippen molar-refractivity contribution in [1.29, 1.82) is 0 Å². The lowest BCUT2D eigenvalue weighted by Crippen LogP contribution is -2.14. The Morgan fingerprint density at radius 3 is 2.46 bits per heavy atom. The average Bonchev–Trinajstić information content (AvgIpc) is 2.59. The normalized spacial score (nSPS) is 11.3. The van der Waals surface area contributed by atoms with Crippen LogP contribution in [0.2, 0.25) is 0 Å². The molecule has 128 valence electrons. The van der Waals surface area contributed by atoms with Crippen LogP contribution in [0.3, 0.4) is 0 Å². The number of anilines is 1. The number of aromatic nitrogens is 2. The van der Waals surface area contributed by atoms with Crippen molar-refractivity contribution in [3.05, 3.63) is 30.3 Å². The van der Waals surface area contributed by atoms with Gasteiger partial charge >= 0.3 is 6.01 Å². The van der Waals surface area contributed by atoms with Crippen LogP contribution >= 0.6 is 0 Å². The minimum absolute atomic E-state index is 0.00489. The number of methoxy groups -OCH3 is 2. The van der Waals surface area contributed by atoms with E-state index in [0.717, 1.165) is 6.34 Å². The van der Waals surface area contributed by atoms with Crippen LogP contribution in [-0.2, 0) is 10.0 Å². The molecule has 11 heteroatoms. The van der Waals surface area contributed by atoms with Gasteiger partial charge in [-0.05, 0) is 24.3 Å². The number of hydrogen-bond donors (Lipinski definition) is 3. The Kier molecular flexibility index (Phi) is 5.50. The molecule has 0 unspecified atom stereocenters. The quantitative estimate of drug-likeness (QED) is 0.380. The molecular formula is C13H15N5O5S. The summed E-state index contributed by atoms with van der Waals surface area (Å²) in [4.78, 5) is 11.6. The molecule has 0 saturated carbocycles. The second-order valence-electron chi connectivity index (χ2n) is 4.27. The van der Waals surface area contributed by atoms with Gasteiger partial charge in [0.1, 0.15) is 6.34 Å². The van der Waals surface area contributed by atoms with Gasteiger partial charge in [-0.15, -0.1) is 0 Å². The summed E-state index contributed by atoms with van der Waals surface area (Å²) in [5, 5.41) is 8.42. The van der Waals surface area contributed by atoms with Gasteiger partial charge in [0.05, 0.1) is 24.8 Å². The maximum absolute atomic E-state index is 12.4. The first kappa shape index (κ1) is 17.4. The molecule has 1 aromatic heterocycles. The topological polar surface area (TPSA) is 135 Å². The van der Waals surface area contributed by atoms with Crippen LogP contribution in [0.1, 0.15) is 0 Å². The first-order valence-corrected chi connectivity index (χ1v) is 7.99. The molecule has 10 nitrogen and oxygen atoms in total. The lowest BCUT2D eigenvalue weighted by Gasteiger charge is -2.09. The third kappa shape index (κ3) is 4.30. The maximum atomic E-state index is 12.4. The Morgan fingerprint density at radius 1 is 1.17 bits per heavy atom. The van der Waals surface area contributed by atoms with E-state index in [2.05, 4.69) is 19.7 Å². The molecule has 0 spiro atoms. The predicted octanol–water partition coefficient (Wildman–Crippen LogP) is 0.933. The molecule has 0 saturated heterocycles. The largest absolute Gasteiger partial charge is 0.481 e. The molecule has 0 bridgehead atoms. The van der Waals surface area contributed by atoms with Crippen molar-refractivity contribution >= 4 is 27.9 Å². The maximum Gasteiger partial charge on any atom is 0.321 e. The van der Waals surface area contributed by atoms with Gasteiger partial charge in [0.25, 0.3) is 10.0 Å². The first-order chi connectivity index (χ1) is 11.5. The van der Waals surface area contributed by atoms with Gasteiger partial charge < -0.3 is 9.47 Å². The second-order valence-corrected chi connectivity index (χ2v) is 5.95. The lowest BCUT2D eigenvalue weighted by atomic mass is 10.3. The molecule has 24 heavy (non-hydrogen) atoms. The number of benzene rings is 1. The third-order valence-corrected chi connectivity index (χ3v) is 4.10. The van der Waals surface area contributed by atoms with Crippen LogP contribution in [0.25, 0.3) is 0 Å². The summed E-state index contributed by atoms with van der Waals surface area (Å²) in [7, 11) is -1.12. The standard InChI is InChI=1S/C13H15N5O5S/c1-22-12-7-11(16-13(17-12)23-2)18-24(20,21)10-5-3-9(4-6-10)14-8-15-19/h3-8,19H,1-2H3,(H,14,15)(H,16,17,18). The van der Waals surface area contributed by atoms with Gasteiger partial charge in [0.2, 0.25) is 5.88 Å². The molecule has 1 aromatic carbocycles. The van der Waals surface area contributed by atoms with E-state index in [1.165, 1.54) is 44.6 Å². The van der Waals surface area contributed by atoms with Gasteiger partial charge in [-0.1, -0.05) is 0 Å². The Morgan fingerprint density at radius 2 is 1.88 bits per heavy atom. The van der Waals surface area contributed by atoms with E-state index >= 15 is 0 Å². The Balaban J connectivity index is 2.26. The summed E-state index contributed by atoms with van der Waals surface area (Å²) in [5.74, 6) is 0.158. The highest BCUT2D eigenvalue weighted by Crippen LogP contribution is 2.22. The van der Waals surface area contributed by atoms with Crippen molar-refractivity contribution in [3.63, 3.8) is 0 Å². The number of aliphatic imine (C=N–C) groups is 1. The number of ether oxygens (including phenoxy) is 2. The fourth-order valence-corrected chi connectivity index (χ4v) is 2.66. The molecule has 0 aliphatic heterocycles. The zero-order valence-corrected chi connectivity index (χ0v) is 13.6. The first-order valence-electron chi connectivity index (χ1n) is 6.50. The van der Waals surface area contributed by atoms with Crippen molar-refractivity contribution in [2.45, 2.75) is 4.90 Å².